The fraction of sp³-hybridized carbons (Fsp3) is 0.500. The second kappa shape index (κ2) is 5.64. The lowest BCUT2D eigenvalue weighted by Gasteiger charge is -2.32. The van der Waals surface area contributed by atoms with Crippen LogP contribution in [0.5, 0.6) is 0 Å². The summed E-state index contributed by atoms with van der Waals surface area (Å²) in [4.78, 5) is 27.0. The first kappa shape index (κ1) is 13.3. The summed E-state index contributed by atoms with van der Waals surface area (Å²) in [5, 5.41) is 0. The zero-order valence-electron chi connectivity index (χ0n) is 11.2. The van der Waals surface area contributed by atoms with E-state index in [4.69, 9.17) is 5.73 Å². The van der Waals surface area contributed by atoms with E-state index < -0.39 is 0 Å². The number of amides is 1. The van der Waals surface area contributed by atoms with E-state index >= 15 is 0 Å². The molecular weight excluding hydrogens is 244 g/mol. The van der Waals surface area contributed by atoms with Crippen LogP contribution in [0, 0.1) is 13.8 Å². The minimum Gasteiger partial charge on any atom is -0.369 e. The van der Waals surface area contributed by atoms with Crippen molar-refractivity contribution in [3.05, 3.63) is 17.5 Å². The van der Waals surface area contributed by atoms with E-state index in [2.05, 4.69) is 15.0 Å². The summed E-state index contributed by atoms with van der Waals surface area (Å²) < 4.78 is 0. The van der Waals surface area contributed by atoms with E-state index in [-0.39, 0.29) is 0 Å². The molecule has 0 unspecified atom stereocenters. The molecule has 1 aliphatic heterocycles. The number of aromatic nitrogens is 2. The van der Waals surface area contributed by atoms with Gasteiger partial charge in [-0.15, -0.1) is 0 Å². The third kappa shape index (κ3) is 3.40. The molecule has 7 nitrogen and oxygen atoms in total. The molecule has 1 saturated heterocycles. The largest absolute Gasteiger partial charge is 0.369 e. The average molecular weight is 262 g/mol. The summed E-state index contributed by atoms with van der Waals surface area (Å²) in [7, 11) is 0. The maximum atomic E-state index is 10.6. The predicted molar refractivity (Wildman–Crippen MR) is 72.0 cm³/mol. The predicted octanol–water partition coefficient (Wildman–Crippen LogP) is -0.186. The Kier molecular flexibility index (Phi) is 3.94. The Hall–Kier alpha value is -2.18. The van der Waals surface area contributed by atoms with Crippen LogP contribution in [0.15, 0.2) is 11.1 Å². The quantitative estimate of drug-likeness (QED) is 0.453. The second-order valence-electron chi connectivity index (χ2n) is 4.55. The van der Waals surface area contributed by atoms with Crippen LogP contribution in [0.3, 0.4) is 0 Å². The molecule has 1 aromatic rings. The number of carbonyl (C=O) groups is 1. The molecule has 2 N–H and O–H groups in total. The molecule has 1 aromatic heterocycles. The van der Waals surface area contributed by atoms with Crippen molar-refractivity contribution in [1.82, 2.24) is 19.8 Å². The van der Waals surface area contributed by atoms with Gasteiger partial charge in [0.1, 0.15) is 0 Å². The van der Waals surface area contributed by atoms with Gasteiger partial charge in [-0.05, 0) is 19.9 Å². The van der Waals surface area contributed by atoms with Crippen LogP contribution >= 0.6 is 0 Å². The summed E-state index contributed by atoms with van der Waals surface area (Å²) in [5.74, 6) is 0.781. The van der Waals surface area contributed by atoms with Crippen molar-refractivity contribution in [2.75, 3.05) is 26.2 Å². The molecule has 102 valence electrons. The Bertz CT molecular complexity index is 473. The van der Waals surface area contributed by atoms with Gasteiger partial charge in [0.15, 0.2) is 5.96 Å². The number of carbonyl (C=O) groups excluding carboxylic acids is 1. The molecule has 1 fully saturated rings. The third-order valence-corrected chi connectivity index (χ3v) is 2.97. The maximum absolute atomic E-state index is 10.6. The number of nitrogens with zero attached hydrogens (tertiary/aromatic N) is 5. The second-order valence-corrected chi connectivity index (χ2v) is 4.55. The van der Waals surface area contributed by atoms with Crippen molar-refractivity contribution in [2.45, 2.75) is 13.8 Å². The van der Waals surface area contributed by atoms with Crippen molar-refractivity contribution >= 4 is 18.3 Å². The van der Waals surface area contributed by atoms with Gasteiger partial charge in [0.25, 0.3) is 5.95 Å². The molecule has 0 radical (unpaired) electrons. The molecule has 0 saturated carbocycles. The van der Waals surface area contributed by atoms with Crippen molar-refractivity contribution in [2.24, 2.45) is 10.7 Å². The first-order chi connectivity index (χ1) is 9.08. The molecule has 0 spiro atoms. The van der Waals surface area contributed by atoms with Crippen LogP contribution in [-0.4, -0.2) is 58.3 Å². The zero-order chi connectivity index (χ0) is 13.8. The Balaban J connectivity index is 2.08. The number of aryl methyl sites for hydroxylation is 2. The Morgan fingerprint density at radius 3 is 2.37 bits per heavy atom. The van der Waals surface area contributed by atoms with E-state index in [1.54, 1.807) is 4.90 Å². The summed E-state index contributed by atoms with van der Waals surface area (Å²) in [6.45, 7) is 6.47. The van der Waals surface area contributed by atoms with Crippen LogP contribution in [0.25, 0.3) is 0 Å². The molecule has 0 aliphatic carbocycles. The van der Waals surface area contributed by atoms with Gasteiger partial charge < -0.3 is 15.5 Å². The lowest BCUT2D eigenvalue weighted by molar-refractivity contribution is -0.119. The molecule has 2 rings (SSSR count). The lowest BCUT2D eigenvalue weighted by Crippen LogP contribution is -2.50. The number of rotatable bonds is 2. The van der Waals surface area contributed by atoms with E-state index in [0.717, 1.165) is 17.8 Å². The third-order valence-electron chi connectivity index (χ3n) is 2.97. The first-order valence-corrected chi connectivity index (χ1v) is 6.19. The van der Waals surface area contributed by atoms with Gasteiger partial charge in [0.05, 0.1) is 0 Å². The van der Waals surface area contributed by atoms with Crippen LogP contribution in [0.2, 0.25) is 0 Å². The van der Waals surface area contributed by atoms with Crippen LogP contribution < -0.4 is 5.73 Å². The molecule has 2 heterocycles. The lowest BCUT2D eigenvalue weighted by atomic mass is 10.3. The molecule has 0 atom stereocenters. The summed E-state index contributed by atoms with van der Waals surface area (Å²) in [6, 6.07) is 1.89. The van der Waals surface area contributed by atoms with E-state index in [9.17, 15) is 4.79 Å². The van der Waals surface area contributed by atoms with Crippen LogP contribution in [-0.2, 0) is 4.79 Å². The molecule has 19 heavy (non-hydrogen) atoms. The minimum absolute atomic E-state index is 0.382. The van der Waals surface area contributed by atoms with Crippen molar-refractivity contribution < 1.29 is 4.79 Å². The van der Waals surface area contributed by atoms with Gasteiger partial charge in [0, 0.05) is 37.6 Å². The number of hydrogen-bond donors (Lipinski definition) is 1. The standard InChI is InChI=1S/C12H18N6O/c1-9-7-10(2)15-12(14-9)16-11(13)18-5-3-17(8-19)4-6-18/h7-8H,3-6H2,1-2H3,(H2,13,14,15,16). The SMILES string of the molecule is Cc1cc(C)nc(/N=C(/N)N2CCN(C=O)CC2)n1. The molecule has 1 aliphatic rings. The Labute approximate surface area is 112 Å². The molecule has 0 aromatic carbocycles. The highest BCUT2D eigenvalue weighted by Gasteiger charge is 2.17. The van der Waals surface area contributed by atoms with Crippen molar-refractivity contribution in [3.63, 3.8) is 0 Å². The minimum atomic E-state index is 0.382. The van der Waals surface area contributed by atoms with Crippen LogP contribution in [0.4, 0.5) is 5.95 Å². The zero-order valence-corrected chi connectivity index (χ0v) is 11.2. The van der Waals surface area contributed by atoms with E-state index in [1.807, 2.05) is 24.8 Å². The normalized spacial score (nSPS) is 16.6. The molecule has 7 heteroatoms. The number of hydrogen-bond acceptors (Lipinski definition) is 4. The topological polar surface area (TPSA) is 87.7 Å². The van der Waals surface area contributed by atoms with E-state index in [0.29, 0.717) is 38.1 Å². The summed E-state index contributed by atoms with van der Waals surface area (Å²) >= 11 is 0. The fourth-order valence-corrected chi connectivity index (χ4v) is 1.99. The Morgan fingerprint density at radius 2 is 1.84 bits per heavy atom. The number of aliphatic imine (C=N–C) groups is 1. The number of piperazine rings is 1. The first-order valence-electron chi connectivity index (χ1n) is 6.19. The highest BCUT2D eigenvalue weighted by molar-refractivity contribution is 5.80. The number of guanidine groups is 1. The van der Waals surface area contributed by atoms with Crippen molar-refractivity contribution in [1.29, 1.82) is 0 Å². The van der Waals surface area contributed by atoms with Crippen LogP contribution in [0.1, 0.15) is 11.4 Å². The van der Waals surface area contributed by atoms with Gasteiger partial charge in [-0.2, -0.15) is 4.99 Å². The smallest absolute Gasteiger partial charge is 0.253 e. The molecular formula is C12H18N6O. The molecule has 1 amide bonds. The summed E-state index contributed by atoms with van der Waals surface area (Å²) in [5.41, 5.74) is 7.69. The Morgan fingerprint density at radius 1 is 1.26 bits per heavy atom. The summed E-state index contributed by atoms with van der Waals surface area (Å²) in [6.07, 6.45) is 0.859. The number of nitrogens with two attached hydrogens (primary N) is 1. The highest BCUT2D eigenvalue weighted by Crippen LogP contribution is 2.08. The van der Waals surface area contributed by atoms with Crippen molar-refractivity contribution in [3.8, 4) is 0 Å². The van der Waals surface area contributed by atoms with Gasteiger partial charge in [-0.3, -0.25) is 4.79 Å². The maximum Gasteiger partial charge on any atom is 0.253 e. The van der Waals surface area contributed by atoms with Gasteiger partial charge in [-0.1, -0.05) is 0 Å². The molecule has 0 bridgehead atoms. The average Bonchev–Trinajstić information content (AvgIpc) is 2.37. The van der Waals surface area contributed by atoms with Gasteiger partial charge >= 0.3 is 0 Å². The fourth-order valence-electron chi connectivity index (χ4n) is 1.99. The van der Waals surface area contributed by atoms with Gasteiger partial charge in [0.2, 0.25) is 6.41 Å². The monoisotopic (exact) mass is 262 g/mol. The van der Waals surface area contributed by atoms with E-state index in [1.165, 1.54) is 0 Å². The van der Waals surface area contributed by atoms with Gasteiger partial charge in [-0.25, -0.2) is 9.97 Å². The highest BCUT2D eigenvalue weighted by atomic mass is 16.1.